The second-order valence-electron chi connectivity index (χ2n) is 15.3. The van der Waals surface area contributed by atoms with Crippen LogP contribution in [0.15, 0.2) is 42.7 Å². The molecule has 1 aromatic heterocycles. The summed E-state index contributed by atoms with van der Waals surface area (Å²) < 4.78 is 27.0. The number of benzene rings is 2. The number of hydrogen-bond acceptors (Lipinski definition) is 8. The van der Waals surface area contributed by atoms with Gasteiger partial charge in [-0.1, -0.05) is 30.9 Å². The van der Waals surface area contributed by atoms with Crippen LogP contribution in [0.25, 0.3) is 0 Å². The first-order valence-electron chi connectivity index (χ1n) is 19.6. The standard InChI is InChI=1S/C42H49ClFN5O6/c1-26-22-45-23-34(43)39(26)47-40(51)29-9-11-36(37(19-29)55-25-27-7-8-27)54-18-6-4-2-3-5-15-48-16-13-28(14-17-48)31-20-30(44)21-32-33(31)24-49(42(32)53)35-10-12-38(50)46-41(35)52/h9,11,19-23,27-28,35H,2-8,10,12-18,24-25H2,1H3,(H,45,47,51)(H,46,50,52). The van der Waals surface area contributed by atoms with Crippen molar-refractivity contribution in [2.75, 3.05) is 38.2 Å². The monoisotopic (exact) mass is 773 g/mol. The molecule has 13 heteroatoms. The number of piperidine rings is 2. The van der Waals surface area contributed by atoms with E-state index in [4.69, 9.17) is 21.1 Å². The Morgan fingerprint density at radius 2 is 1.75 bits per heavy atom. The van der Waals surface area contributed by atoms with Crippen molar-refractivity contribution < 1.29 is 33.0 Å². The summed E-state index contributed by atoms with van der Waals surface area (Å²) in [5.41, 5.74) is 3.82. The van der Waals surface area contributed by atoms with Crippen LogP contribution < -0.4 is 20.1 Å². The van der Waals surface area contributed by atoms with Crippen LogP contribution in [0.3, 0.4) is 0 Å². The second-order valence-corrected chi connectivity index (χ2v) is 15.7. The predicted octanol–water partition coefficient (Wildman–Crippen LogP) is 7.19. The molecule has 2 N–H and O–H groups in total. The molecule has 0 spiro atoms. The van der Waals surface area contributed by atoms with Crippen molar-refractivity contribution in [1.29, 1.82) is 0 Å². The fourth-order valence-corrected chi connectivity index (χ4v) is 8.14. The van der Waals surface area contributed by atoms with Crippen LogP contribution >= 0.6 is 11.6 Å². The molecule has 1 unspecified atom stereocenters. The molecule has 292 valence electrons. The van der Waals surface area contributed by atoms with E-state index in [2.05, 4.69) is 20.5 Å². The van der Waals surface area contributed by atoms with E-state index < -0.39 is 17.8 Å². The van der Waals surface area contributed by atoms with Crippen molar-refractivity contribution in [2.24, 2.45) is 5.92 Å². The van der Waals surface area contributed by atoms with Crippen LogP contribution in [0.5, 0.6) is 11.5 Å². The number of pyridine rings is 1. The maximum atomic E-state index is 14.8. The van der Waals surface area contributed by atoms with Crippen molar-refractivity contribution in [1.82, 2.24) is 20.1 Å². The van der Waals surface area contributed by atoms with Gasteiger partial charge in [0.15, 0.2) is 11.5 Å². The van der Waals surface area contributed by atoms with Gasteiger partial charge in [-0.3, -0.25) is 29.5 Å². The van der Waals surface area contributed by atoms with Gasteiger partial charge < -0.3 is 24.6 Å². The number of hydrogen-bond donors (Lipinski definition) is 2. The summed E-state index contributed by atoms with van der Waals surface area (Å²) in [6, 6.07) is 7.43. The number of nitrogens with one attached hydrogen (secondary N) is 2. The van der Waals surface area contributed by atoms with Crippen LogP contribution in [0.4, 0.5) is 10.1 Å². The van der Waals surface area contributed by atoms with Crippen molar-refractivity contribution in [2.45, 2.75) is 96.1 Å². The lowest BCUT2D eigenvalue weighted by molar-refractivity contribution is -0.136. The van der Waals surface area contributed by atoms with Gasteiger partial charge >= 0.3 is 0 Å². The number of carbonyl (C=O) groups excluding carboxylic acids is 4. The number of imide groups is 1. The highest BCUT2D eigenvalue weighted by molar-refractivity contribution is 6.34. The normalized spacial score (nSPS) is 19.0. The van der Waals surface area contributed by atoms with Gasteiger partial charge in [-0.15, -0.1) is 0 Å². The third-order valence-corrected chi connectivity index (χ3v) is 11.6. The number of amides is 4. The third-order valence-electron chi connectivity index (χ3n) is 11.3. The number of anilines is 1. The third kappa shape index (κ3) is 9.47. The summed E-state index contributed by atoms with van der Waals surface area (Å²) in [6.07, 6.45) is 13.0. The van der Waals surface area contributed by atoms with Crippen LogP contribution in [-0.4, -0.2) is 77.3 Å². The van der Waals surface area contributed by atoms with Crippen LogP contribution in [0, 0.1) is 18.7 Å². The van der Waals surface area contributed by atoms with Gasteiger partial charge in [-0.2, -0.15) is 0 Å². The minimum absolute atomic E-state index is 0.151. The van der Waals surface area contributed by atoms with Gasteiger partial charge in [-0.05, 0) is 130 Å². The molecule has 1 saturated carbocycles. The van der Waals surface area contributed by atoms with Crippen molar-refractivity contribution in [3.63, 3.8) is 0 Å². The van der Waals surface area contributed by atoms with E-state index in [1.54, 1.807) is 30.5 Å². The summed E-state index contributed by atoms with van der Waals surface area (Å²) in [4.78, 5) is 58.5. The molecule has 7 rings (SSSR count). The lowest BCUT2D eigenvalue weighted by Crippen LogP contribution is -2.52. The number of unbranched alkanes of at least 4 members (excludes halogenated alkanes) is 4. The van der Waals surface area contributed by atoms with Crippen LogP contribution in [0.2, 0.25) is 5.02 Å². The van der Waals surface area contributed by atoms with E-state index in [-0.39, 0.29) is 43.0 Å². The quantitative estimate of drug-likeness (QED) is 0.116. The molecule has 0 radical (unpaired) electrons. The largest absolute Gasteiger partial charge is 0.490 e. The van der Waals surface area contributed by atoms with Crippen molar-refractivity contribution in [3.8, 4) is 11.5 Å². The van der Waals surface area contributed by atoms with Crippen molar-refractivity contribution in [3.05, 3.63) is 81.4 Å². The average Bonchev–Trinajstić information content (AvgIpc) is 3.95. The van der Waals surface area contributed by atoms with E-state index in [1.807, 2.05) is 6.92 Å². The number of nitrogens with zero attached hydrogens (tertiary/aromatic N) is 3. The lowest BCUT2D eigenvalue weighted by atomic mass is 9.85. The van der Waals surface area contributed by atoms with Gasteiger partial charge in [0.05, 0.1) is 23.9 Å². The summed E-state index contributed by atoms with van der Waals surface area (Å²) in [6.45, 7) is 6.12. The molecule has 11 nitrogen and oxygen atoms in total. The van der Waals surface area contributed by atoms with E-state index in [1.165, 1.54) is 17.2 Å². The molecule has 1 atom stereocenters. The molecule has 2 aromatic carbocycles. The Morgan fingerprint density at radius 3 is 2.51 bits per heavy atom. The number of fused-ring (bicyclic) bond motifs is 1. The zero-order valence-electron chi connectivity index (χ0n) is 31.3. The molecule has 3 aromatic rings. The Bertz CT molecular complexity index is 1910. The first-order chi connectivity index (χ1) is 26.6. The fourth-order valence-electron chi connectivity index (χ4n) is 7.88. The molecule has 55 heavy (non-hydrogen) atoms. The molecule has 4 heterocycles. The molecule has 4 aliphatic rings. The van der Waals surface area contributed by atoms with E-state index in [9.17, 15) is 23.6 Å². The van der Waals surface area contributed by atoms with E-state index in [0.717, 1.165) is 94.1 Å². The fraction of sp³-hybridized carbons (Fsp3) is 0.500. The highest BCUT2D eigenvalue weighted by Crippen LogP contribution is 2.38. The minimum Gasteiger partial charge on any atom is -0.490 e. The second kappa shape index (κ2) is 17.5. The summed E-state index contributed by atoms with van der Waals surface area (Å²) >= 11 is 6.27. The Balaban J connectivity index is 0.823. The Hall–Kier alpha value is -4.55. The number of carbonyl (C=O) groups is 4. The molecular weight excluding hydrogens is 725 g/mol. The molecule has 3 aliphatic heterocycles. The summed E-state index contributed by atoms with van der Waals surface area (Å²) in [5, 5.41) is 5.61. The number of rotatable bonds is 16. The highest BCUT2D eigenvalue weighted by Gasteiger charge is 2.41. The van der Waals surface area contributed by atoms with Gasteiger partial charge in [0.1, 0.15) is 11.9 Å². The summed E-state index contributed by atoms with van der Waals surface area (Å²) in [5.74, 6) is 0.0828. The maximum absolute atomic E-state index is 14.8. The van der Waals surface area contributed by atoms with Gasteiger partial charge in [-0.25, -0.2) is 4.39 Å². The van der Waals surface area contributed by atoms with Gasteiger partial charge in [0.25, 0.3) is 11.8 Å². The zero-order chi connectivity index (χ0) is 38.5. The number of halogens is 2. The van der Waals surface area contributed by atoms with Crippen LogP contribution in [0.1, 0.15) is 114 Å². The first-order valence-corrected chi connectivity index (χ1v) is 20.0. The molecule has 0 bridgehead atoms. The highest BCUT2D eigenvalue weighted by atomic mass is 35.5. The molecule has 2 saturated heterocycles. The molecular formula is C42H49ClFN5O6. The van der Waals surface area contributed by atoms with E-state index in [0.29, 0.717) is 52.5 Å². The number of aromatic nitrogens is 1. The summed E-state index contributed by atoms with van der Waals surface area (Å²) in [7, 11) is 0. The van der Waals surface area contributed by atoms with Crippen molar-refractivity contribution >= 4 is 40.9 Å². The van der Waals surface area contributed by atoms with Gasteiger partial charge in [0.2, 0.25) is 11.8 Å². The number of aryl methyl sites for hydroxylation is 1. The molecule has 1 aliphatic carbocycles. The topological polar surface area (TPSA) is 130 Å². The predicted molar refractivity (Wildman–Crippen MR) is 206 cm³/mol. The maximum Gasteiger partial charge on any atom is 0.255 e. The SMILES string of the molecule is Cc1cncc(Cl)c1NC(=O)c1ccc(OCCCCCCCN2CCC(c3cc(F)cc4c3CN(C3CCC(=O)NC3=O)C4=O)CC2)c(OCC2CC2)c1. The number of ether oxygens (including phenoxy) is 2. The zero-order valence-corrected chi connectivity index (χ0v) is 32.1. The Morgan fingerprint density at radius 1 is 0.964 bits per heavy atom. The average molecular weight is 774 g/mol. The van der Waals surface area contributed by atoms with E-state index >= 15 is 0 Å². The van der Waals surface area contributed by atoms with Crippen LogP contribution in [-0.2, 0) is 16.1 Å². The minimum atomic E-state index is -0.713. The molecule has 3 fully saturated rings. The number of likely N-dealkylation sites (tertiary alicyclic amines) is 1. The molecule has 4 amide bonds. The van der Waals surface area contributed by atoms with Gasteiger partial charge in [0, 0.05) is 36.5 Å². The smallest absolute Gasteiger partial charge is 0.255 e. The Kier molecular flexibility index (Phi) is 12.3. The lowest BCUT2D eigenvalue weighted by Gasteiger charge is -2.33. The Labute approximate surface area is 326 Å². The first kappa shape index (κ1) is 38.7.